The van der Waals surface area contributed by atoms with E-state index < -0.39 is 16.1 Å². The zero-order valence-electron chi connectivity index (χ0n) is 23.3. The number of fused-ring (bicyclic) bond motifs is 2. The van der Waals surface area contributed by atoms with Crippen molar-refractivity contribution in [3.8, 4) is 0 Å². The maximum atomic E-state index is 13.4. The van der Waals surface area contributed by atoms with Gasteiger partial charge in [0.25, 0.3) is 0 Å². The predicted octanol–water partition coefficient (Wildman–Crippen LogP) is 8.94. The summed E-state index contributed by atoms with van der Waals surface area (Å²) in [4.78, 5) is 10.9. The van der Waals surface area contributed by atoms with E-state index >= 15 is 0 Å². The molecule has 0 aromatic carbocycles. The molecule has 39 heavy (non-hydrogen) atoms. The van der Waals surface area contributed by atoms with Crippen LogP contribution in [0.3, 0.4) is 0 Å². The monoisotopic (exact) mass is 820 g/mol. The summed E-state index contributed by atoms with van der Waals surface area (Å²) in [6.07, 6.45) is 6.14. The quantitative estimate of drug-likeness (QED) is 0.0794. The summed E-state index contributed by atoms with van der Waals surface area (Å²) in [6, 6.07) is 6.39. The lowest BCUT2D eigenvalue weighted by molar-refractivity contribution is 0.0899. The number of aromatic amines is 1. The van der Waals surface area contributed by atoms with Crippen molar-refractivity contribution in [3.63, 3.8) is 0 Å². The van der Waals surface area contributed by atoms with Gasteiger partial charge in [0.15, 0.2) is 11.6 Å². The highest BCUT2D eigenvalue weighted by Gasteiger charge is 2.13. The van der Waals surface area contributed by atoms with Crippen LogP contribution in [0.1, 0.15) is 0 Å². The first-order chi connectivity index (χ1) is 18.2. The van der Waals surface area contributed by atoms with Gasteiger partial charge in [0, 0.05) is 52.5 Å². The third-order valence-corrected chi connectivity index (χ3v) is 11.2. The fraction of sp³-hybridized carbons (Fsp3) is 0.462. The van der Waals surface area contributed by atoms with Gasteiger partial charge in [0.05, 0.1) is 19.5 Å². The highest BCUT2D eigenvalue weighted by atomic mass is 127. The Morgan fingerprint density at radius 3 is 2.03 bits per heavy atom. The fourth-order valence-electron chi connectivity index (χ4n) is 3.11. The molecule has 0 unspecified atom stereocenters. The van der Waals surface area contributed by atoms with E-state index in [4.69, 9.17) is 21.1 Å². The number of aromatic nitrogens is 4. The highest BCUT2D eigenvalue weighted by molar-refractivity contribution is 14.1. The molecule has 0 fully saturated rings. The molecule has 0 radical (unpaired) electrons. The number of ether oxygens (including phenoxy) is 2. The van der Waals surface area contributed by atoms with Crippen LogP contribution in [0.25, 0.3) is 22.1 Å². The predicted molar refractivity (Wildman–Crippen MR) is 180 cm³/mol. The first-order valence-corrected chi connectivity index (χ1v) is 22.6. The Hall–Kier alpha value is -0.656. The van der Waals surface area contributed by atoms with Crippen LogP contribution < -0.4 is 0 Å². The van der Waals surface area contributed by atoms with Gasteiger partial charge in [0.1, 0.15) is 24.1 Å². The minimum absolute atomic E-state index is 0.266. The number of hydrogen-bond acceptors (Lipinski definition) is 4. The Kier molecular flexibility index (Phi) is 14.3. The average Bonchev–Trinajstić information content (AvgIpc) is 3.49. The highest BCUT2D eigenvalue weighted by Crippen LogP contribution is 2.23. The molecule has 0 aliphatic rings. The molecule has 13 heteroatoms. The molecular formula is C26H37ClF2I2N4O2Si2. The van der Waals surface area contributed by atoms with Gasteiger partial charge in [-0.2, -0.15) is 0 Å². The molecule has 0 amide bonds. The van der Waals surface area contributed by atoms with Crippen molar-refractivity contribution in [1.29, 1.82) is 0 Å². The molecule has 1 N–H and O–H groups in total. The number of alkyl halides is 1. The number of nitrogens with zero attached hydrogens (tertiary/aromatic N) is 3. The Morgan fingerprint density at radius 2 is 1.44 bits per heavy atom. The number of pyridine rings is 2. The molecule has 4 aromatic heterocycles. The van der Waals surface area contributed by atoms with E-state index in [0.717, 1.165) is 41.3 Å². The van der Waals surface area contributed by atoms with Gasteiger partial charge >= 0.3 is 0 Å². The summed E-state index contributed by atoms with van der Waals surface area (Å²) >= 11 is 9.30. The van der Waals surface area contributed by atoms with Crippen molar-refractivity contribution in [2.45, 2.75) is 58.1 Å². The standard InChI is InChI=1S/C13H18FIN2OSi.C7H4FIN2.C6H15ClOSi/c1-19(2,3)7-6-18-9-17-5-4-10-12(15)11(14)8-16-13(10)17;8-5-3-11-7-4(6(5)9)1-2-10-7;1-9(2,3)5-4-8-6-7/h4-5,8H,6-7,9H2,1-3H3;1-3H,(H,10,11);4-6H2,1-3H3. The van der Waals surface area contributed by atoms with Crippen LogP contribution in [0.5, 0.6) is 0 Å². The molecule has 0 aliphatic heterocycles. The molecule has 0 saturated carbocycles. The normalized spacial score (nSPS) is 11.8. The van der Waals surface area contributed by atoms with Crippen molar-refractivity contribution in [1.82, 2.24) is 19.5 Å². The lowest BCUT2D eigenvalue weighted by Gasteiger charge is -2.15. The third-order valence-electron chi connectivity index (χ3n) is 5.46. The summed E-state index contributed by atoms with van der Waals surface area (Å²) in [5.41, 5.74) is 1.51. The van der Waals surface area contributed by atoms with Gasteiger partial charge in [-0.25, -0.2) is 18.7 Å². The topological polar surface area (TPSA) is 65.0 Å². The van der Waals surface area contributed by atoms with E-state index in [1.165, 1.54) is 18.4 Å². The SMILES string of the molecule is C[Si](C)(C)CCOCCl.C[Si](C)(C)CCOCn1ccc2c(I)c(F)cnc21.Fc1cnc2[nH]ccc2c1I. The Labute approximate surface area is 263 Å². The van der Waals surface area contributed by atoms with Crippen molar-refractivity contribution in [3.05, 3.63) is 55.7 Å². The summed E-state index contributed by atoms with van der Waals surface area (Å²) in [7, 11) is -1.93. The molecule has 216 valence electrons. The molecule has 0 aliphatic carbocycles. The van der Waals surface area contributed by atoms with Crippen molar-refractivity contribution < 1.29 is 18.3 Å². The minimum atomic E-state index is -1.05. The molecule has 4 rings (SSSR count). The number of hydrogen-bond donors (Lipinski definition) is 1. The largest absolute Gasteiger partial charge is 0.366 e. The van der Waals surface area contributed by atoms with E-state index in [9.17, 15) is 8.78 Å². The van der Waals surface area contributed by atoms with Crippen LogP contribution in [0.15, 0.2) is 36.9 Å². The number of nitrogens with one attached hydrogen (secondary N) is 1. The van der Waals surface area contributed by atoms with Crippen molar-refractivity contribution in [2.75, 3.05) is 19.3 Å². The average molecular weight is 821 g/mol. The summed E-state index contributed by atoms with van der Waals surface area (Å²) in [5.74, 6) is -0.539. The van der Waals surface area contributed by atoms with Gasteiger partial charge < -0.3 is 19.0 Å². The van der Waals surface area contributed by atoms with Gasteiger partial charge in [0.2, 0.25) is 0 Å². The smallest absolute Gasteiger partial charge is 0.155 e. The van der Waals surface area contributed by atoms with E-state index in [0.29, 0.717) is 19.9 Å². The zero-order valence-corrected chi connectivity index (χ0v) is 30.3. The molecular weight excluding hydrogens is 784 g/mol. The van der Waals surface area contributed by atoms with Crippen molar-refractivity contribution >= 4 is 95.0 Å². The van der Waals surface area contributed by atoms with Gasteiger partial charge in [-0.3, -0.25) is 0 Å². The number of rotatable bonds is 9. The van der Waals surface area contributed by atoms with E-state index in [-0.39, 0.29) is 11.6 Å². The summed E-state index contributed by atoms with van der Waals surface area (Å²) in [5, 5.41) is 1.68. The van der Waals surface area contributed by atoms with Crippen LogP contribution in [0, 0.1) is 18.8 Å². The molecule has 0 atom stereocenters. The Balaban J connectivity index is 0.000000226. The Morgan fingerprint density at radius 1 is 0.872 bits per heavy atom. The van der Waals surface area contributed by atoms with Gasteiger partial charge in [-0.1, -0.05) is 50.9 Å². The maximum Gasteiger partial charge on any atom is 0.155 e. The number of halogens is 5. The summed E-state index contributed by atoms with van der Waals surface area (Å²) < 4.78 is 40.1. The van der Waals surface area contributed by atoms with Gasteiger partial charge in [-0.15, -0.1) is 0 Å². The fourth-order valence-corrected chi connectivity index (χ4v) is 5.87. The Bertz CT molecular complexity index is 1330. The zero-order chi connectivity index (χ0) is 29.2. The van der Waals surface area contributed by atoms with E-state index in [2.05, 4.69) is 54.2 Å². The lowest BCUT2D eigenvalue weighted by Crippen LogP contribution is -2.22. The van der Waals surface area contributed by atoms with Crippen molar-refractivity contribution in [2.24, 2.45) is 0 Å². The minimum Gasteiger partial charge on any atom is -0.366 e. The second-order valence-electron chi connectivity index (χ2n) is 11.3. The second-order valence-corrected chi connectivity index (χ2v) is 24.9. The summed E-state index contributed by atoms with van der Waals surface area (Å²) in [6.45, 7) is 16.0. The molecule has 0 spiro atoms. The van der Waals surface area contributed by atoms with Crippen LogP contribution in [0.2, 0.25) is 51.4 Å². The van der Waals surface area contributed by atoms with Crippen LogP contribution in [0.4, 0.5) is 8.78 Å². The molecule has 0 saturated heterocycles. The molecule has 4 aromatic rings. The van der Waals surface area contributed by atoms with E-state index in [1.54, 1.807) is 6.20 Å². The van der Waals surface area contributed by atoms with E-state index in [1.807, 2.05) is 68.1 Å². The number of H-pyrrole nitrogens is 1. The lowest BCUT2D eigenvalue weighted by atomic mass is 10.3. The first-order valence-electron chi connectivity index (χ1n) is 12.5. The second kappa shape index (κ2) is 16.1. The van der Waals surface area contributed by atoms with Crippen LogP contribution >= 0.6 is 56.8 Å². The maximum absolute atomic E-state index is 13.4. The third kappa shape index (κ3) is 12.0. The first kappa shape index (κ1) is 34.5. The van der Waals surface area contributed by atoms with Crippen LogP contribution in [-0.4, -0.2) is 54.9 Å². The molecule has 6 nitrogen and oxygen atoms in total. The van der Waals surface area contributed by atoms with Gasteiger partial charge in [-0.05, 0) is 69.4 Å². The molecule has 0 bridgehead atoms. The van der Waals surface area contributed by atoms with Crippen LogP contribution in [-0.2, 0) is 16.2 Å². The molecule has 4 heterocycles.